The van der Waals surface area contributed by atoms with Gasteiger partial charge in [0.2, 0.25) is 0 Å². The van der Waals surface area contributed by atoms with Crippen LogP contribution in [0.1, 0.15) is 6.92 Å². The summed E-state index contributed by atoms with van der Waals surface area (Å²) in [7, 11) is 0. The minimum Gasteiger partial charge on any atom is -0.374 e. The van der Waals surface area contributed by atoms with Crippen molar-refractivity contribution >= 4 is 11.5 Å². The van der Waals surface area contributed by atoms with Crippen molar-refractivity contribution in [2.45, 2.75) is 13.0 Å². The maximum absolute atomic E-state index is 5.73. The Hall–Kier alpha value is -1.80. The predicted molar refractivity (Wildman–Crippen MR) is 68.9 cm³/mol. The molecule has 0 aromatic carbocycles. The van der Waals surface area contributed by atoms with E-state index in [1.54, 1.807) is 0 Å². The van der Waals surface area contributed by atoms with Crippen molar-refractivity contribution in [2.75, 3.05) is 38.1 Å². The van der Waals surface area contributed by atoms with Crippen molar-refractivity contribution in [3.63, 3.8) is 0 Å². The zero-order valence-corrected chi connectivity index (χ0v) is 10.9. The van der Waals surface area contributed by atoms with E-state index in [-0.39, 0.29) is 6.10 Å². The van der Waals surface area contributed by atoms with E-state index >= 15 is 0 Å². The molecule has 1 aliphatic heterocycles. The first-order valence-electron chi connectivity index (χ1n) is 6.48. The molecule has 1 aliphatic rings. The van der Waals surface area contributed by atoms with Crippen LogP contribution in [0.5, 0.6) is 0 Å². The summed E-state index contributed by atoms with van der Waals surface area (Å²) in [6, 6.07) is 3.70. The van der Waals surface area contributed by atoms with Crippen molar-refractivity contribution in [3.8, 4) is 0 Å². The Kier molecular flexibility index (Phi) is 3.51. The number of ether oxygens (including phenoxy) is 1. The molecule has 0 bridgehead atoms. The van der Waals surface area contributed by atoms with Gasteiger partial charge in [0, 0.05) is 19.6 Å². The monoisotopic (exact) mass is 263 g/mol. The van der Waals surface area contributed by atoms with Crippen LogP contribution < -0.4 is 5.32 Å². The van der Waals surface area contributed by atoms with Crippen LogP contribution in [0.4, 0.5) is 5.82 Å². The maximum Gasteiger partial charge on any atom is 0.200 e. The maximum atomic E-state index is 5.73. The minimum atomic E-state index is 0.195. The molecule has 8 nitrogen and oxygen atoms in total. The minimum absolute atomic E-state index is 0.195. The second-order valence-corrected chi connectivity index (χ2v) is 4.51. The van der Waals surface area contributed by atoms with Gasteiger partial charge in [-0.3, -0.25) is 4.90 Å². The molecule has 1 N–H and O–H groups in total. The number of anilines is 1. The zero-order chi connectivity index (χ0) is 13.1. The molecule has 2 aromatic rings. The molecule has 1 atom stereocenters. The van der Waals surface area contributed by atoms with Crippen molar-refractivity contribution < 1.29 is 4.74 Å². The quantitative estimate of drug-likeness (QED) is 0.807. The number of morpholine rings is 1. The molecule has 19 heavy (non-hydrogen) atoms. The number of likely N-dealkylation sites (N-methyl/N-ethyl adjacent to an activating group) is 1. The Morgan fingerprint density at radius 1 is 1.47 bits per heavy atom. The number of tetrazole rings is 1. The lowest BCUT2D eigenvalue weighted by Crippen LogP contribution is -2.45. The van der Waals surface area contributed by atoms with E-state index in [2.05, 4.69) is 37.8 Å². The summed E-state index contributed by atoms with van der Waals surface area (Å²) < 4.78 is 7.13. The molecule has 1 unspecified atom stereocenters. The van der Waals surface area contributed by atoms with Crippen LogP contribution in [-0.4, -0.2) is 69.0 Å². The molecule has 2 aromatic heterocycles. The van der Waals surface area contributed by atoms with Crippen LogP contribution in [-0.2, 0) is 4.74 Å². The van der Waals surface area contributed by atoms with E-state index in [1.807, 2.05) is 12.1 Å². The van der Waals surface area contributed by atoms with Crippen LogP contribution in [0.3, 0.4) is 0 Å². The first-order chi connectivity index (χ1) is 9.35. The van der Waals surface area contributed by atoms with Crippen molar-refractivity contribution in [1.82, 2.24) is 30.2 Å². The second-order valence-electron chi connectivity index (χ2n) is 4.51. The molecular formula is C11H17N7O. The molecule has 1 saturated heterocycles. The molecule has 0 spiro atoms. The Balaban J connectivity index is 1.59. The number of fused-ring (bicyclic) bond motifs is 1. The van der Waals surface area contributed by atoms with Gasteiger partial charge in [-0.15, -0.1) is 14.8 Å². The van der Waals surface area contributed by atoms with Gasteiger partial charge in [-0.1, -0.05) is 6.92 Å². The number of hydrogen-bond acceptors (Lipinski definition) is 7. The first-order valence-corrected chi connectivity index (χ1v) is 6.48. The van der Waals surface area contributed by atoms with Crippen molar-refractivity contribution in [2.24, 2.45) is 0 Å². The summed E-state index contributed by atoms with van der Waals surface area (Å²) in [6.07, 6.45) is 0.195. The van der Waals surface area contributed by atoms with E-state index in [0.717, 1.165) is 38.6 Å². The van der Waals surface area contributed by atoms with Crippen LogP contribution in [0, 0.1) is 0 Å². The summed E-state index contributed by atoms with van der Waals surface area (Å²) in [5.74, 6) is 0.747. The van der Waals surface area contributed by atoms with Gasteiger partial charge in [0.05, 0.1) is 12.7 Å². The van der Waals surface area contributed by atoms with Crippen LogP contribution in [0.2, 0.25) is 0 Å². The highest BCUT2D eigenvalue weighted by Crippen LogP contribution is 2.07. The number of hydrogen-bond donors (Lipinski definition) is 1. The summed E-state index contributed by atoms with van der Waals surface area (Å²) >= 11 is 0. The average Bonchev–Trinajstić information content (AvgIpc) is 2.93. The van der Waals surface area contributed by atoms with Gasteiger partial charge in [-0.25, -0.2) is 0 Å². The third-order valence-electron chi connectivity index (χ3n) is 3.25. The second kappa shape index (κ2) is 5.45. The van der Waals surface area contributed by atoms with E-state index in [4.69, 9.17) is 4.74 Å². The Morgan fingerprint density at radius 2 is 2.42 bits per heavy atom. The average molecular weight is 263 g/mol. The molecular weight excluding hydrogens is 246 g/mol. The Labute approximate surface area is 110 Å². The van der Waals surface area contributed by atoms with E-state index in [1.165, 1.54) is 4.63 Å². The number of rotatable bonds is 4. The lowest BCUT2D eigenvalue weighted by Gasteiger charge is -2.32. The third kappa shape index (κ3) is 2.79. The summed E-state index contributed by atoms with van der Waals surface area (Å²) in [5.41, 5.74) is 0.636. The van der Waals surface area contributed by atoms with Gasteiger partial charge >= 0.3 is 0 Å². The number of aromatic nitrogens is 5. The molecule has 0 amide bonds. The van der Waals surface area contributed by atoms with Crippen LogP contribution in [0.15, 0.2) is 12.1 Å². The summed E-state index contributed by atoms with van der Waals surface area (Å²) in [6.45, 7) is 6.73. The molecule has 102 valence electrons. The fourth-order valence-corrected chi connectivity index (χ4v) is 2.15. The van der Waals surface area contributed by atoms with E-state index in [9.17, 15) is 0 Å². The number of nitrogens with zero attached hydrogens (tertiary/aromatic N) is 6. The number of nitrogens with one attached hydrogen (secondary N) is 1. The molecule has 0 saturated carbocycles. The fourth-order valence-electron chi connectivity index (χ4n) is 2.15. The Bertz CT molecular complexity index is 543. The fraction of sp³-hybridized carbons (Fsp3) is 0.636. The Morgan fingerprint density at radius 3 is 3.32 bits per heavy atom. The summed E-state index contributed by atoms with van der Waals surface area (Å²) in [5, 5.41) is 18.7. The molecule has 1 fully saturated rings. The highest BCUT2D eigenvalue weighted by atomic mass is 16.5. The van der Waals surface area contributed by atoms with Crippen LogP contribution >= 0.6 is 0 Å². The van der Waals surface area contributed by atoms with Crippen LogP contribution in [0.25, 0.3) is 5.65 Å². The van der Waals surface area contributed by atoms with Gasteiger partial charge < -0.3 is 10.1 Å². The largest absolute Gasteiger partial charge is 0.374 e. The summed E-state index contributed by atoms with van der Waals surface area (Å²) in [4.78, 5) is 2.38. The zero-order valence-electron chi connectivity index (χ0n) is 10.9. The standard InChI is InChI=1S/C11H17N7O/c1-2-17-5-6-19-9(8-17)7-12-10-3-4-11-13-15-16-18(11)14-10/h3-4,9H,2,5-8H2,1H3,(H,12,14). The smallest absolute Gasteiger partial charge is 0.200 e. The lowest BCUT2D eigenvalue weighted by molar-refractivity contribution is -0.0192. The third-order valence-corrected chi connectivity index (χ3v) is 3.25. The SMILES string of the molecule is CCN1CCOC(CNc2ccc3nnnn3n2)C1. The van der Waals surface area contributed by atoms with Gasteiger partial charge in [0.25, 0.3) is 0 Å². The van der Waals surface area contributed by atoms with Crippen molar-refractivity contribution in [3.05, 3.63) is 12.1 Å². The van der Waals surface area contributed by atoms with Crippen molar-refractivity contribution in [1.29, 1.82) is 0 Å². The van der Waals surface area contributed by atoms with Gasteiger partial charge in [-0.05, 0) is 29.1 Å². The van der Waals surface area contributed by atoms with Gasteiger partial charge in [0.15, 0.2) is 5.65 Å². The van der Waals surface area contributed by atoms with E-state index in [0.29, 0.717) is 5.65 Å². The lowest BCUT2D eigenvalue weighted by atomic mass is 10.2. The van der Waals surface area contributed by atoms with Gasteiger partial charge in [-0.2, -0.15) is 0 Å². The highest BCUT2D eigenvalue weighted by molar-refractivity contribution is 5.42. The predicted octanol–water partition coefficient (Wildman–Crippen LogP) is -0.348. The molecule has 3 heterocycles. The van der Waals surface area contributed by atoms with E-state index < -0.39 is 0 Å². The molecule has 8 heteroatoms. The normalized spacial score (nSPS) is 20.8. The molecule has 0 aliphatic carbocycles. The topological polar surface area (TPSA) is 80.5 Å². The molecule has 0 radical (unpaired) electrons. The molecule has 3 rings (SSSR count). The highest BCUT2D eigenvalue weighted by Gasteiger charge is 2.18. The first kappa shape index (κ1) is 12.2. The van der Waals surface area contributed by atoms with Gasteiger partial charge in [0.1, 0.15) is 5.82 Å².